The van der Waals surface area contributed by atoms with E-state index in [0.29, 0.717) is 12.1 Å². The first-order chi connectivity index (χ1) is 6.65. The smallest absolute Gasteiger partial charge is 0.272 e. The highest BCUT2D eigenvalue weighted by Gasteiger charge is 2.09. The fourth-order valence-electron chi connectivity index (χ4n) is 1.13. The van der Waals surface area contributed by atoms with Crippen LogP contribution in [0.5, 0.6) is 0 Å². The third kappa shape index (κ3) is 2.40. The number of nitro groups is 1. The number of nitrogens with zero attached hydrogens (tertiary/aromatic N) is 1. The summed E-state index contributed by atoms with van der Waals surface area (Å²) in [5, 5.41) is 10.6. The zero-order valence-electron chi connectivity index (χ0n) is 7.93. The summed E-state index contributed by atoms with van der Waals surface area (Å²) in [6.45, 7) is 2.15. The summed E-state index contributed by atoms with van der Waals surface area (Å²) in [6, 6.07) is 5.10. The van der Waals surface area contributed by atoms with Crippen LogP contribution in [0, 0.1) is 17.0 Å². The maximum atomic E-state index is 10.6. The van der Waals surface area contributed by atoms with Crippen LogP contribution in [0.15, 0.2) is 24.3 Å². The van der Waals surface area contributed by atoms with Crippen molar-refractivity contribution in [2.75, 3.05) is 6.54 Å². The molecule has 2 N–H and O–H groups in total. The van der Waals surface area contributed by atoms with Gasteiger partial charge in [0.15, 0.2) is 0 Å². The molecule has 0 aromatic heterocycles. The lowest BCUT2D eigenvalue weighted by atomic mass is 10.1. The number of benzene rings is 1. The lowest BCUT2D eigenvalue weighted by Crippen LogP contribution is -1.93. The molecule has 0 saturated carbocycles. The molecule has 0 heterocycles. The predicted octanol–water partition coefficient (Wildman–Crippen LogP) is 1.88. The lowest BCUT2D eigenvalue weighted by molar-refractivity contribution is -0.385. The number of nitrogens with two attached hydrogens (primary N) is 1. The molecule has 74 valence electrons. The van der Waals surface area contributed by atoms with Gasteiger partial charge in [-0.1, -0.05) is 24.3 Å². The first-order valence-corrected chi connectivity index (χ1v) is 4.27. The van der Waals surface area contributed by atoms with E-state index >= 15 is 0 Å². The fraction of sp³-hybridized carbons (Fsp3) is 0.200. The van der Waals surface area contributed by atoms with Crippen LogP contribution in [0.3, 0.4) is 0 Å². The summed E-state index contributed by atoms with van der Waals surface area (Å²) in [6.07, 6.45) is 3.53. The fourth-order valence-corrected chi connectivity index (χ4v) is 1.13. The molecule has 1 aromatic carbocycles. The molecule has 0 unspecified atom stereocenters. The Morgan fingerprint density at radius 1 is 1.57 bits per heavy atom. The standard InChI is InChI=1S/C10H12N2O2/c1-8-4-5-9(3-2-6-11)7-10(8)12(13)14/h2-5,7H,6,11H2,1H3. The second kappa shape index (κ2) is 4.53. The molecule has 0 radical (unpaired) electrons. The van der Waals surface area contributed by atoms with Gasteiger partial charge in [-0.15, -0.1) is 0 Å². The average Bonchev–Trinajstić information content (AvgIpc) is 2.16. The number of hydrogen-bond donors (Lipinski definition) is 1. The molecular weight excluding hydrogens is 180 g/mol. The van der Waals surface area contributed by atoms with Crippen LogP contribution in [-0.2, 0) is 0 Å². The van der Waals surface area contributed by atoms with E-state index in [9.17, 15) is 10.1 Å². The molecule has 1 rings (SSSR count). The second-order valence-electron chi connectivity index (χ2n) is 2.94. The minimum absolute atomic E-state index is 0.143. The normalized spacial score (nSPS) is 10.7. The van der Waals surface area contributed by atoms with E-state index in [1.54, 1.807) is 31.2 Å². The Hall–Kier alpha value is -1.68. The van der Waals surface area contributed by atoms with Crippen molar-refractivity contribution in [3.8, 4) is 0 Å². The van der Waals surface area contributed by atoms with Gasteiger partial charge in [0.05, 0.1) is 4.92 Å². The van der Waals surface area contributed by atoms with Crippen LogP contribution in [0.2, 0.25) is 0 Å². The summed E-state index contributed by atoms with van der Waals surface area (Å²) in [7, 11) is 0. The van der Waals surface area contributed by atoms with E-state index in [-0.39, 0.29) is 10.6 Å². The van der Waals surface area contributed by atoms with Crippen LogP contribution >= 0.6 is 0 Å². The Balaban J connectivity index is 3.06. The van der Waals surface area contributed by atoms with Crippen molar-refractivity contribution in [3.05, 3.63) is 45.5 Å². The Morgan fingerprint density at radius 3 is 2.86 bits per heavy atom. The third-order valence-electron chi connectivity index (χ3n) is 1.88. The van der Waals surface area contributed by atoms with Crippen molar-refractivity contribution in [2.45, 2.75) is 6.92 Å². The summed E-state index contributed by atoms with van der Waals surface area (Å²) >= 11 is 0. The summed E-state index contributed by atoms with van der Waals surface area (Å²) in [5.74, 6) is 0. The van der Waals surface area contributed by atoms with Crippen molar-refractivity contribution in [2.24, 2.45) is 5.73 Å². The molecule has 0 saturated heterocycles. The van der Waals surface area contributed by atoms with E-state index < -0.39 is 0 Å². The highest BCUT2D eigenvalue weighted by Crippen LogP contribution is 2.19. The third-order valence-corrected chi connectivity index (χ3v) is 1.88. The zero-order valence-corrected chi connectivity index (χ0v) is 7.93. The van der Waals surface area contributed by atoms with Crippen molar-refractivity contribution < 1.29 is 4.92 Å². The molecule has 4 nitrogen and oxygen atoms in total. The Morgan fingerprint density at radius 2 is 2.29 bits per heavy atom. The summed E-state index contributed by atoms with van der Waals surface area (Å²) < 4.78 is 0. The van der Waals surface area contributed by atoms with Crippen molar-refractivity contribution >= 4 is 11.8 Å². The van der Waals surface area contributed by atoms with Crippen molar-refractivity contribution in [3.63, 3.8) is 0 Å². The molecule has 0 spiro atoms. The van der Waals surface area contributed by atoms with Gasteiger partial charge in [0.25, 0.3) is 5.69 Å². The molecule has 0 aliphatic rings. The van der Waals surface area contributed by atoms with Gasteiger partial charge >= 0.3 is 0 Å². The van der Waals surface area contributed by atoms with Gasteiger partial charge in [0.1, 0.15) is 0 Å². The van der Waals surface area contributed by atoms with Crippen LogP contribution < -0.4 is 5.73 Å². The molecule has 14 heavy (non-hydrogen) atoms. The average molecular weight is 192 g/mol. The Kier molecular flexibility index (Phi) is 3.36. The first-order valence-electron chi connectivity index (χ1n) is 4.27. The predicted molar refractivity (Wildman–Crippen MR) is 55.9 cm³/mol. The van der Waals surface area contributed by atoms with Gasteiger partial charge in [0, 0.05) is 18.2 Å². The Bertz CT molecular complexity index is 372. The molecule has 0 bridgehead atoms. The van der Waals surface area contributed by atoms with Crippen LogP contribution in [-0.4, -0.2) is 11.5 Å². The van der Waals surface area contributed by atoms with Gasteiger partial charge < -0.3 is 5.73 Å². The molecule has 0 amide bonds. The van der Waals surface area contributed by atoms with E-state index in [0.717, 1.165) is 5.56 Å². The SMILES string of the molecule is Cc1ccc(C=CCN)cc1[N+](=O)[O-]. The second-order valence-corrected chi connectivity index (χ2v) is 2.94. The number of hydrogen-bond acceptors (Lipinski definition) is 3. The van der Waals surface area contributed by atoms with Gasteiger partial charge in [-0.3, -0.25) is 10.1 Å². The molecule has 1 aromatic rings. The van der Waals surface area contributed by atoms with Gasteiger partial charge in [-0.2, -0.15) is 0 Å². The van der Waals surface area contributed by atoms with Gasteiger partial charge in [-0.05, 0) is 12.5 Å². The maximum Gasteiger partial charge on any atom is 0.272 e. The lowest BCUT2D eigenvalue weighted by Gasteiger charge is -1.98. The van der Waals surface area contributed by atoms with Crippen LogP contribution in [0.4, 0.5) is 5.69 Å². The monoisotopic (exact) mass is 192 g/mol. The van der Waals surface area contributed by atoms with Crippen LogP contribution in [0.25, 0.3) is 6.08 Å². The molecule has 4 heteroatoms. The number of rotatable bonds is 3. The molecule has 0 aliphatic heterocycles. The first kappa shape index (κ1) is 10.4. The van der Waals surface area contributed by atoms with E-state index in [1.807, 2.05) is 6.07 Å². The van der Waals surface area contributed by atoms with E-state index in [1.165, 1.54) is 0 Å². The summed E-state index contributed by atoms with van der Waals surface area (Å²) in [4.78, 5) is 10.2. The topological polar surface area (TPSA) is 69.2 Å². The van der Waals surface area contributed by atoms with Crippen LogP contribution in [0.1, 0.15) is 11.1 Å². The number of aryl methyl sites for hydroxylation is 1. The van der Waals surface area contributed by atoms with Crippen molar-refractivity contribution in [1.82, 2.24) is 0 Å². The molecule has 0 fully saturated rings. The van der Waals surface area contributed by atoms with Gasteiger partial charge in [0.2, 0.25) is 0 Å². The largest absolute Gasteiger partial charge is 0.327 e. The Labute approximate surface area is 82.2 Å². The number of nitro benzene ring substituents is 1. The van der Waals surface area contributed by atoms with E-state index in [4.69, 9.17) is 5.73 Å². The minimum Gasteiger partial charge on any atom is -0.327 e. The van der Waals surface area contributed by atoms with E-state index in [2.05, 4.69) is 0 Å². The zero-order chi connectivity index (χ0) is 10.6. The van der Waals surface area contributed by atoms with Gasteiger partial charge in [-0.25, -0.2) is 0 Å². The molecular formula is C10H12N2O2. The quantitative estimate of drug-likeness (QED) is 0.587. The molecule has 0 aliphatic carbocycles. The minimum atomic E-state index is -0.380. The highest BCUT2D eigenvalue weighted by atomic mass is 16.6. The highest BCUT2D eigenvalue weighted by molar-refractivity contribution is 5.56. The van der Waals surface area contributed by atoms with Crippen molar-refractivity contribution in [1.29, 1.82) is 0 Å². The maximum absolute atomic E-state index is 10.6. The molecule has 0 atom stereocenters. The summed E-state index contributed by atoms with van der Waals surface area (Å²) in [5.41, 5.74) is 6.89.